The Morgan fingerprint density at radius 3 is 2.96 bits per heavy atom. The summed E-state index contributed by atoms with van der Waals surface area (Å²) in [6.07, 6.45) is 2.33. The van der Waals surface area contributed by atoms with E-state index in [0.717, 1.165) is 31.3 Å². The van der Waals surface area contributed by atoms with Crippen LogP contribution < -0.4 is 10.6 Å². The lowest BCUT2D eigenvalue weighted by molar-refractivity contribution is 0.577. The van der Waals surface area contributed by atoms with Crippen molar-refractivity contribution in [3.63, 3.8) is 0 Å². The Bertz CT molecular complexity index is 800. The summed E-state index contributed by atoms with van der Waals surface area (Å²) in [5, 5.41) is 18.0. The van der Waals surface area contributed by atoms with Gasteiger partial charge in [0, 0.05) is 32.0 Å². The van der Waals surface area contributed by atoms with E-state index < -0.39 is 0 Å². The first kappa shape index (κ1) is 21.4. The first-order chi connectivity index (χ1) is 12.8. The number of nitrogens with one attached hydrogen (secondary N) is 3. The number of aliphatic imine (C=N–C) groups is 1. The number of rotatable bonds is 8. The van der Waals surface area contributed by atoms with Gasteiger partial charge in [-0.3, -0.25) is 10.1 Å². The topological polar surface area (TPSA) is 91.1 Å². The molecule has 0 aliphatic heterocycles. The lowest BCUT2D eigenvalue weighted by atomic mass is 10.1. The summed E-state index contributed by atoms with van der Waals surface area (Å²) in [5.74, 6) is 3.28. The summed E-state index contributed by atoms with van der Waals surface area (Å²) in [6, 6.07) is 5.82. The summed E-state index contributed by atoms with van der Waals surface area (Å²) in [4.78, 5) is 9.13. The van der Waals surface area contributed by atoms with Crippen molar-refractivity contribution in [3.8, 4) is 11.6 Å². The van der Waals surface area contributed by atoms with Gasteiger partial charge in [0.1, 0.15) is 5.82 Å². The summed E-state index contributed by atoms with van der Waals surface area (Å²) >= 11 is 1.72. The molecule has 0 bridgehead atoms. The van der Waals surface area contributed by atoms with Crippen LogP contribution in [0.15, 0.2) is 44.6 Å². The van der Waals surface area contributed by atoms with Gasteiger partial charge in [-0.2, -0.15) is 16.4 Å². The molecule has 9 heteroatoms. The highest BCUT2D eigenvalue weighted by Crippen LogP contribution is 2.18. The standard InChI is InChI=1S/C18H24N6OS.HI/c1-3-19-18(21-11-13(2)14-7-10-26-12-14)20-8-6-16-22-17(24-23-16)15-5-4-9-25-15;/h4-5,7,9-10,12-13H,3,6,8,11H2,1-2H3,(H2,19,20,21)(H,22,23,24);1H. The second-order valence-electron chi connectivity index (χ2n) is 5.94. The predicted molar refractivity (Wildman–Crippen MR) is 120 cm³/mol. The van der Waals surface area contributed by atoms with Gasteiger partial charge >= 0.3 is 0 Å². The smallest absolute Gasteiger partial charge is 0.216 e. The van der Waals surface area contributed by atoms with Crippen LogP contribution in [0, 0.1) is 0 Å². The minimum atomic E-state index is 0. The molecule has 27 heavy (non-hydrogen) atoms. The van der Waals surface area contributed by atoms with Crippen LogP contribution in [0.25, 0.3) is 11.6 Å². The van der Waals surface area contributed by atoms with Gasteiger partial charge in [0.25, 0.3) is 0 Å². The summed E-state index contributed by atoms with van der Waals surface area (Å²) in [7, 11) is 0. The lowest BCUT2D eigenvalue weighted by Gasteiger charge is -2.12. The number of hydrogen-bond acceptors (Lipinski definition) is 5. The molecule has 0 aliphatic carbocycles. The third-order valence-electron chi connectivity index (χ3n) is 3.91. The van der Waals surface area contributed by atoms with Gasteiger partial charge in [-0.15, -0.1) is 24.0 Å². The molecule has 7 nitrogen and oxygen atoms in total. The number of halogens is 1. The number of guanidine groups is 1. The Morgan fingerprint density at radius 1 is 1.37 bits per heavy atom. The van der Waals surface area contributed by atoms with Crippen molar-refractivity contribution in [2.75, 3.05) is 19.6 Å². The van der Waals surface area contributed by atoms with Crippen LogP contribution in [0.1, 0.15) is 31.2 Å². The molecule has 3 aromatic rings. The van der Waals surface area contributed by atoms with E-state index in [9.17, 15) is 0 Å². The van der Waals surface area contributed by atoms with Gasteiger partial charge in [-0.05, 0) is 41.4 Å². The molecular formula is C18H25IN6OS. The first-order valence-corrected chi connectivity index (χ1v) is 9.70. The van der Waals surface area contributed by atoms with Gasteiger partial charge in [0.15, 0.2) is 11.7 Å². The molecule has 1 atom stereocenters. The average Bonchev–Trinajstić information content (AvgIpc) is 3.41. The number of hydrogen-bond donors (Lipinski definition) is 3. The minimum Gasteiger partial charge on any atom is -0.461 e. The maximum Gasteiger partial charge on any atom is 0.216 e. The van der Waals surface area contributed by atoms with Crippen LogP contribution >= 0.6 is 35.3 Å². The van der Waals surface area contributed by atoms with Crippen LogP contribution in [-0.2, 0) is 6.42 Å². The van der Waals surface area contributed by atoms with E-state index in [2.05, 4.69) is 61.5 Å². The summed E-state index contributed by atoms with van der Waals surface area (Å²) in [5.41, 5.74) is 1.33. The number of furan rings is 1. The molecule has 0 aromatic carbocycles. The van der Waals surface area contributed by atoms with E-state index in [-0.39, 0.29) is 24.0 Å². The fourth-order valence-corrected chi connectivity index (χ4v) is 3.24. The maximum absolute atomic E-state index is 5.30. The van der Waals surface area contributed by atoms with Crippen molar-refractivity contribution in [1.82, 2.24) is 25.8 Å². The van der Waals surface area contributed by atoms with Crippen LogP contribution in [0.3, 0.4) is 0 Å². The second kappa shape index (κ2) is 11.1. The van der Waals surface area contributed by atoms with Crippen LogP contribution in [-0.4, -0.2) is 40.8 Å². The van der Waals surface area contributed by atoms with Gasteiger partial charge in [-0.25, -0.2) is 4.98 Å². The Morgan fingerprint density at radius 2 is 2.26 bits per heavy atom. The zero-order valence-electron chi connectivity index (χ0n) is 15.4. The van der Waals surface area contributed by atoms with Gasteiger partial charge < -0.3 is 15.1 Å². The maximum atomic E-state index is 5.30. The molecule has 146 valence electrons. The molecule has 0 saturated heterocycles. The van der Waals surface area contributed by atoms with Crippen LogP contribution in [0.2, 0.25) is 0 Å². The quantitative estimate of drug-likeness (QED) is 0.250. The van der Waals surface area contributed by atoms with Crippen molar-refractivity contribution in [2.24, 2.45) is 4.99 Å². The highest BCUT2D eigenvalue weighted by Gasteiger charge is 2.09. The number of aromatic nitrogens is 3. The number of H-pyrrole nitrogens is 1. The molecule has 3 rings (SSSR count). The number of nitrogens with zero attached hydrogens (tertiary/aromatic N) is 3. The first-order valence-electron chi connectivity index (χ1n) is 8.75. The molecule has 3 N–H and O–H groups in total. The molecule has 0 spiro atoms. The van der Waals surface area contributed by atoms with E-state index in [0.29, 0.717) is 24.0 Å². The SMILES string of the molecule is CCNC(=NCC(C)c1ccsc1)NCCc1nc(-c2ccco2)n[nH]1.I. The van der Waals surface area contributed by atoms with Crippen molar-refractivity contribution < 1.29 is 4.42 Å². The third kappa shape index (κ3) is 6.35. The van der Waals surface area contributed by atoms with E-state index in [1.54, 1.807) is 17.6 Å². The van der Waals surface area contributed by atoms with Crippen LogP contribution in [0.5, 0.6) is 0 Å². The zero-order chi connectivity index (χ0) is 18.2. The number of aromatic amines is 1. The normalized spacial score (nSPS) is 12.4. The molecule has 1 unspecified atom stereocenters. The molecule has 0 radical (unpaired) electrons. The van der Waals surface area contributed by atoms with Gasteiger partial charge in [-0.1, -0.05) is 6.92 Å². The Labute approximate surface area is 180 Å². The Balaban J connectivity index is 0.00000261. The second-order valence-corrected chi connectivity index (χ2v) is 6.72. The molecule has 3 heterocycles. The molecule has 0 saturated carbocycles. The fraction of sp³-hybridized carbons (Fsp3) is 0.389. The van der Waals surface area contributed by atoms with E-state index in [1.165, 1.54) is 5.56 Å². The lowest BCUT2D eigenvalue weighted by Crippen LogP contribution is -2.38. The highest BCUT2D eigenvalue weighted by molar-refractivity contribution is 14.0. The van der Waals surface area contributed by atoms with E-state index in [1.807, 2.05) is 12.1 Å². The Hall–Kier alpha value is -1.88. The van der Waals surface area contributed by atoms with Crippen molar-refractivity contribution >= 4 is 41.3 Å². The molecule has 0 aliphatic rings. The summed E-state index contributed by atoms with van der Waals surface area (Å²) < 4.78 is 5.30. The molecular weight excluding hydrogens is 475 g/mol. The summed E-state index contributed by atoms with van der Waals surface area (Å²) in [6.45, 7) is 6.54. The third-order valence-corrected chi connectivity index (χ3v) is 4.61. The Kier molecular flexibility index (Phi) is 8.79. The molecule has 3 aromatic heterocycles. The number of thiophene rings is 1. The zero-order valence-corrected chi connectivity index (χ0v) is 18.6. The largest absolute Gasteiger partial charge is 0.461 e. The molecule has 0 amide bonds. The van der Waals surface area contributed by atoms with Crippen molar-refractivity contribution in [2.45, 2.75) is 26.2 Å². The van der Waals surface area contributed by atoms with E-state index >= 15 is 0 Å². The predicted octanol–water partition coefficient (Wildman–Crippen LogP) is 3.65. The average molecular weight is 500 g/mol. The van der Waals surface area contributed by atoms with Crippen molar-refractivity contribution in [3.05, 3.63) is 46.6 Å². The highest BCUT2D eigenvalue weighted by atomic mass is 127. The van der Waals surface area contributed by atoms with E-state index in [4.69, 9.17) is 4.42 Å². The van der Waals surface area contributed by atoms with Gasteiger partial charge in [0.2, 0.25) is 5.82 Å². The monoisotopic (exact) mass is 500 g/mol. The fourth-order valence-electron chi connectivity index (χ4n) is 2.45. The van der Waals surface area contributed by atoms with Crippen molar-refractivity contribution in [1.29, 1.82) is 0 Å². The minimum absolute atomic E-state index is 0. The van der Waals surface area contributed by atoms with Crippen LogP contribution in [0.4, 0.5) is 0 Å². The van der Waals surface area contributed by atoms with Gasteiger partial charge in [0.05, 0.1) is 6.26 Å². The molecule has 0 fully saturated rings.